The Labute approximate surface area is 147 Å². The number of likely N-dealkylation sites (N-methyl/N-ethyl adjacent to an activating group) is 1. The van der Waals surface area contributed by atoms with Crippen molar-refractivity contribution >= 4 is 5.91 Å². The smallest absolute Gasteiger partial charge is 0.254 e. The monoisotopic (exact) mass is 344 g/mol. The first-order valence-electron chi connectivity index (χ1n) is 8.36. The van der Waals surface area contributed by atoms with E-state index in [0.717, 1.165) is 17.9 Å². The Kier molecular flexibility index (Phi) is 5.40. The average molecular weight is 344 g/mol. The minimum atomic E-state index is -0.0167. The molecule has 8 heteroatoms. The number of pyridine rings is 1. The van der Waals surface area contributed by atoms with Crippen LogP contribution in [0.4, 0.5) is 0 Å². The number of aryl methyl sites for hydroxylation is 1. The second-order valence-corrected chi connectivity index (χ2v) is 6.54. The Morgan fingerprint density at radius 2 is 2.12 bits per heavy atom. The molecule has 0 fully saturated rings. The van der Waals surface area contributed by atoms with E-state index in [2.05, 4.69) is 20.2 Å². The number of aromatic nitrogens is 4. The number of rotatable bonds is 6. The van der Waals surface area contributed by atoms with Crippen molar-refractivity contribution < 1.29 is 9.53 Å². The molecule has 134 valence electrons. The van der Waals surface area contributed by atoms with Crippen molar-refractivity contribution in [3.05, 3.63) is 41.5 Å². The molecule has 1 aliphatic rings. The first-order chi connectivity index (χ1) is 12.1. The highest BCUT2D eigenvalue weighted by Crippen LogP contribution is 2.27. The van der Waals surface area contributed by atoms with E-state index >= 15 is 0 Å². The van der Waals surface area contributed by atoms with Crippen molar-refractivity contribution in [3.63, 3.8) is 0 Å². The first-order valence-corrected chi connectivity index (χ1v) is 8.36. The highest BCUT2D eigenvalue weighted by Gasteiger charge is 2.32. The number of amides is 1. The summed E-state index contributed by atoms with van der Waals surface area (Å²) in [5, 5.41) is 8.36. The third kappa shape index (κ3) is 4.02. The lowest BCUT2D eigenvalue weighted by atomic mass is 9.98. The number of hydrogen-bond donors (Lipinski definition) is 0. The minimum Gasteiger partial charge on any atom is -0.379 e. The van der Waals surface area contributed by atoms with E-state index in [9.17, 15) is 4.79 Å². The van der Waals surface area contributed by atoms with Crippen LogP contribution in [0.5, 0.6) is 0 Å². The quantitative estimate of drug-likeness (QED) is 0.712. The summed E-state index contributed by atoms with van der Waals surface area (Å²) in [7, 11) is 5.92. The number of carbonyl (C=O) groups is 1. The Morgan fingerprint density at radius 3 is 2.84 bits per heavy atom. The normalized spacial score (nSPS) is 17.0. The number of carbonyl (C=O) groups excluding carboxylic acids is 1. The van der Waals surface area contributed by atoms with E-state index < -0.39 is 0 Å². The summed E-state index contributed by atoms with van der Waals surface area (Å²) >= 11 is 0. The van der Waals surface area contributed by atoms with Crippen LogP contribution in [0, 0.1) is 0 Å². The van der Waals surface area contributed by atoms with Crippen molar-refractivity contribution in [1.82, 2.24) is 29.8 Å². The summed E-state index contributed by atoms with van der Waals surface area (Å²) in [4.78, 5) is 20.6. The van der Waals surface area contributed by atoms with Crippen LogP contribution in [-0.2, 0) is 18.3 Å². The molecule has 0 aromatic carbocycles. The van der Waals surface area contributed by atoms with Gasteiger partial charge in [0.15, 0.2) is 0 Å². The van der Waals surface area contributed by atoms with Crippen molar-refractivity contribution in [1.29, 1.82) is 0 Å². The molecule has 3 rings (SSSR count). The van der Waals surface area contributed by atoms with Crippen molar-refractivity contribution in [2.24, 2.45) is 7.05 Å². The maximum absolute atomic E-state index is 12.8. The Balaban J connectivity index is 1.73. The predicted octanol–water partition coefficient (Wildman–Crippen LogP) is 0.528. The summed E-state index contributed by atoms with van der Waals surface area (Å²) in [5.74, 6) is 0.0497. The zero-order valence-electron chi connectivity index (χ0n) is 14.9. The van der Waals surface area contributed by atoms with Crippen LogP contribution in [0.25, 0.3) is 0 Å². The molecule has 8 nitrogen and oxygen atoms in total. The van der Waals surface area contributed by atoms with Crippen LogP contribution in [0.2, 0.25) is 0 Å². The Bertz CT molecular complexity index is 715. The van der Waals surface area contributed by atoms with E-state index in [0.29, 0.717) is 31.9 Å². The standard InChI is InChI=1S/C17H24N6O2/c1-21(2)8-9-25-12-14-10-23(11-15-16(14)22(3)20-19-15)17(24)13-4-6-18-7-5-13/h4-7,14H,8-12H2,1-3H3/t14-/m1/s1. The topological polar surface area (TPSA) is 76.4 Å². The molecule has 25 heavy (non-hydrogen) atoms. The number of hydrogen-bond acceptors (Lipinski definition) is 6. The predicted molar refractivity (Wildman–Crippen MR) is 92.1 cm³/mol. The van der Waals surface area contributed by atoms with E-state index in [1.54, 1.807) is 29.2 Å². The highest BCUT2D eigenvalue weighted by atomic mass is 16.5. The first kappa shape index (κ1) is 17.5. The molecule has 0 aliphatic carbocycles. The molecule has 1 amide bonds. The molecular weight excluding hydrogens is 320 g/mol. The van der Waals surface area contributed by atoms with Crippen molar-refractivity contribution in [2.75, 3.05) is 40.4 Å². The van der Waals surface area contributed by atoms with Gasteiger partial charge in [0.1, 0.15) is 5.69 Å². The minimum absolute atomic E-state index is 0.0167. The van der Waals surface area contributed by atoms with Crippen LogP contribution < -0.4 is 0 Å². The number of ether oxygens (including phenoxy) is 1. The van der Waals surface area contributed by atoms with Gasteiger partial charge in [-0.3, -0.25) is 14.5 Å². The zero-order valence-corrected chi connectivity index (χ0v) is 14.9. The third-order valence-corrected chi connectivity index (χ3v) is 4.33. The van der Waals surface area contributed by atoms with Gasteiger partial charge in [0.05, 0.1) is 25.5 Å². The second-order valence-electron chi connectivity index (χ2n) is 6.54. The Morgan fingerprint density at radius 1 is 1.36 bits per heavy atom. The second kappa shape index (κ2) is 7.71. The summed E-state index contributed by atoms with van der Waals surface area (Å²) in [6.45, 7) is 3.13. The summed E-state index contributed by atoms with van der Waals surface area (Å²) in [5.41, 5.74) is 2.54. The van der Waals surface area contributed by atoms with Crippen LogP contribution in [0.3, 0.4) is 0 Å². The van der Waals surface area contributed by atoms with Gasteiger partial charge < -0.3 is 14.5 Å². The van der Waals surface area contributed by atoms with Crippen molar-refractivity contribution in [2.45, 2.75) is 12.5 Å². The molecule has 1 atom stereocenters. The fraction of sp³-hybridized carbons (Fsp3) is 0.529. The lowest BCUT2D eigenvalue weighted by molar-refractivity contribution is 0.0613. The molecule has 0 unspecified atom stereocenters. The molecule has 2 aromatic rings. The van der Waals surface area contributed by atoms with Gasteiger partial charge in [0.25, 0.3) is 5.91 Å². The molecule has 2 aromatic heterocycles. The summed E-state index contributed by atoms with van der Waals surface area (Å²) < 4.78 is 7.64. The molecule has 0 bridgehead atoms. The van der Waals surface area contributed by atoms with Crippen molar-refractivity contribution in [3.8, 4) is 0 Å². The van der Waals surface area contributed by atoms with E-state index in [1.165, 1.54) is 0 Å². The van der Waals surface area contributed by atoms with Gasteiger partial charge in [-0.05, 0) is 26.2 Å². The summed E-state index contributed by atoms with van der Waals surface area (Å²) in [6, 6.07) is 3.47. The number of fused-ring (bicyclic) bond motifs is 1. The van der Waals surface area contributed by atoms with Gasteiger partial charge in [-0.1, -0.05) is 5.21 Å². The van der Waals surface area contributed by atoms with Gasteiger partial charge in [-0.25, -0.2) is 0 Å². The Hall–Kier alpha value is -2.32. The molecule has 1 aliphatic heterocycles. The molecule has 0 radical (unpaired) electrons. The van der Waals surface area contributed by atoms with Gasteiger partial charge in [0.2, 0.25) is 0 Å². The maximum atomic E-state index is 12.8. The fourth-order valence-electron chi connectivity index (χ4n) is 3.05. The molecule has 0 spiro atoms. The lowest BCUT2D eigenvalue weighted by Crippen LogP contribution is -2.40. The number of nitrogens with zero attached hydrogens (tertiary/aromatic N) is 6. The van der Waals surface area contributed by atoms with Crippen LogP contribution in [-0.4, -0.2) is 76.1 Å². The fourth-order valence-corrected chi connectivity index (χ4v) is 3.05. The third-order valence-electron chi connectivity index (χ3n) is 4.33. The van der Waals surface area contributed by atoms with Gasteiger partial charge in [-0.2, -0.15) is 0 Å². The zero-order chi connectivity index (χ0) is 17.8. The average Bonchev–Trinajstić information content (AvgIpc) is 2.99. The summed E-state index contributed by atoms with van der Waals surface area (Å²) in [6.07, 6.45) is 3.26. The van der Waals surface area contributed by atoms with Gasteiger partial charge >= 0.3 is 0 Å². The molecule has 0 saturated carbocycles. The molecule has 0 saturated heterocycles. The van der Waals surface area contributed by atoms with E-state index in [1.807, 2.05) is 26.0 Å². The van der Waals surface area contributed by atoms with Gasteiger partial charge in [0, 0.05) is 44.0 Å². The maximum Gasteiger partial charge on any atom is 0.254 e. The molecule has 0 N–H and O–H groups in total. The molecular formula is C17H24N6O2. The lowest BCUT2D eigenvalue weighted by Gasteiger charge is -2.32. The van der Waals surface area contributed by atoms with Crippen LogP contribution >= 0.6 is 0 Å². The highest BCUT2D eigenvalue weighted by molar-refractivity contribution is 5.94. The molecule has 3 heterocycles. The van der Waals surface area contributed by atoms with E-state index in [4.69, 9.17) is 4.74 Å². The van der Waals surface area contributed by atoms with Crippen LogP contribution in [0.1, 0.15) is 27.7 Å². The SMILES string of the molecule is CN(C)CCOC[C@H]1CN(C(=O)c2ccncc2)Cc2nnn(C)c21. The van der Waals surface area contributed by atoms with E-state index in [-0.39, 0.29) is 11.8 Å². The largest absolute Gasteiger partial charge is 0.379 e. The van der Waals surface area contributed by atoms with Gasteiger partial charge in [-0.15, -0.1) is 5.10 Å². The van der Waals surface area contributed by atoms with Crippen LogP contribution in [0.15, 0.2) is 24.5 Å².